The van der Waals surface area contributed by atoms with Gasteiger partial charge >= 0.3 is 0 Å². The quantitative estimate of drug-likeness (QED) is 0.597. The van der Waals surface area contributed by atoms with Crippen molar-refractivity contribution in [2.45, 2.75) is 20.3 Å². The molecule has 0 aromatic rings. The lowest BCUT2D eigenvalue weighted by molar-refractivity contribution is -0.119. The Balaban J connectivity index is 2.38. The molecule has 68 valence electrons. The SMILES string of the molecule is CC(C)C1=CCC(=O)C2C=CC=C12. The summed E-state index contributed by atoms with van der Waals surface area (Å²) in [5.41, 5.74) is 2.58. The Morgan fingerprint density at radius 2 is 2.23 bits per heavy atom. The summed E-state index contributed by atoms with van der Waals surface area (Å²) in [6, 6.07) is 0. The molecule has 0 fully saturated rings. The molecule has 0 saturated carbocycles. The normalized spacial score (nSPS) is 26.1. The van der Waals surface area contributed by atoms with Crippen LogP contribution in [0.2, 0.25) is 0 Å². The molecule has 1 unspecified atom stereocenters. The molecule has 2 aliphatic carbocycles. The summed E-state index contributed by atoms with van der Waals surface area (Å²) in [5.74, 6) is 0.938. The van der Waals surface area contributed by atoms with E-state index in [0.29, 0.717) is 18.1 Å². The topological polar surface area (TPSA) is 17.1 Å². The van der Waals surface area contributed by atoms with Crippen LogP contribution in [0.3, 0.4) is 0 Å². The Labute approximate surface area is 78.8 Å². The standard InChI is InChI=1S/C12H14O/c1-8(2)9-6-7-12(13)11-5-3-4-10(9)11/h3-6,8,11H,7H2,1-2H3. The average Bonchev–Trinajstić information content (AvgIpc) is 2.53. The molecule has 0 aromatic heterocycles. The van der Waals surface area contributed by atoms with Gasteiger partial charge in [-0.2, -0.15) is 0 Å². The maximum atomic E-state index is 11.5. The van der Waals surface area contributed by atoms with Crippen molar-refractivity contribution in [3.63, 3.8) is 0 Å². The second-order valence-electron chi connectivity index (χ2n) is 3.97. The van der Waals surface area contributed by atoms with Crippen LogP contribution in [0.15, 0.2) is 35.5 Å². The minimum atomic E-state index is 0.0717. The number of Topliss-reactive ketones (excluding diaryl/α,β-unsaturated/α-hetero) is 1. The summed E-state index contributed by atoms with van der Waals surface area (Å²) in [4.78, 5) is 11.5. The predicted molar refractivity (Wildman–Crippen MR) is 53.3 cm³/mol. The predicted octanol–water partition coefficient (Wildman–Crippen LogP) is 2.65. The molecular formula is C12H14O. The number of fused-ring (bicyclic) bond motifs is 1. The fourth-order valence-electron chi connectivity index (χ4n) is 2.06. The van der Waals surface area contributed by atoms with E-state index in [1.807, 2.05) is 12.2 Å². The van der Waals surface area contributed by atoms with Crippen molar-refractivity contribution < 1.29 is 4.79 Å². The van der Waals surface area contributed by atoms with Gasteiger partial charge in [-0.05, 0) is 17.1 Å². The molecule has 0 amide bonds. The number of hydrogen-bond donors (Lipinski definition) is 0. The monoisotopic (exact) mass is 174 g/mol. The lowest BCUT2D eigenvalue weighted by atomic mass is 9.80. The summed E-state index contributed by atoms with van der Waals surface area (Å²) in [5, 5.41) is 0. The van der Waals surface area contributed by atoms with Crippen LogP contribution in [-0.4, -0.2) is 5.78 Å². The number of rotatable bonds is 1. The van der Waals surface area contributed by atoms with E-state index in [4.69, 9.17) is 0 Å². The van der Waals surface area contributed by atoms with E-state index in [2.05, 4.69) is 26.0 Å². The number of ketones is 1. The van der Waals surface area contributed by atoms with E-state index < -0.39 is 0 Å². The Morgan fingerprint density at radius 3 is 2.92 bits per heavy atom. The Hall–Kier alpha value is -1.11. The third kappa shape index (κ3) is 1.28. The van der Waals surface area contributed by atoms with Crippen LogP contribution in [0.25, 0.3) is 0 Å². The van der Waals surface area contributed by atoms with Crippen LogP contribution in [0.1, 0.15) is 20.3 Å². The molecule has 1 nitrogen and oxygen atoms in total. The zero-order chi connectivity index (χ0) is 9.42. The first kappa shape index (κ1) is 8.49. The largest absolute Gasteiger partial charge is 0.298 e. The van der Waals surface area contributed by atoms with Crippen LogP contribution >= 0.6 is 0 Å². The zero-order valence-corrected chi connectivity index (χ0v) is 8.08. The van der Waals surface area contributed by atoms with Crippen LogP contribution in [-0.2, 0) is 4.79 Å². The van der Waals surface area contributed by atoms with Crippen molar-refractivity contribution in [2.75, 3.05) is 0 Å². The van der Waals surface area contributed by atoms with Crippen molar-refractivity contribution in [1.82, 2.24) is 0 Å². The molecule has 0 bridgehead atoms. The van der Waals surface area contributed by atoms with Crippen molar-refractivity contribution >= 4 is 5.78 Å². The lowest BCUT2D eigenvalue weighted by Crippen LogP contribution is -2.19. The number of allylic oxidation sites excluding steroid dienone is 6. The minimum absolute atomic E-state index is 0.0717. The zero-order valence-electron chi connectivity index (χ0n) is 8.08. The van der Waals surface area contributed by atoms with Crippen LogP contribution in [0.5, 0.6) is 0 Å². The van der Waals surface area contributed by atoms with Gasteiger partial charge in [-0.25, -0.2) is 0 Å². The van der Waals surface area contributed by atoms with Gasteiger partial charge in [0.05, 0.1) is 5.92 Å². The van der Waals surface area contributed by atoms with E-state index >= 15 is 0 Å². The van der Waals surface area contributed by atoms with Crippen molar-refractivity contribution in [1.29, 1.82) is 0 Å². The highest BCUT2D eigenvalue weighted by Gasteiger charge is 2.28. The van der Waals surface area contributed by atoms with E-state index in [1.165, 1.54) is 11.1 Å². The molecule has 0 spiro atoms. The van der Waals surface area contributed by atoms with E-state index in [9.17, 15) is 4.79 Å². The second-order valence-corrected chi connectivity index (χ2v) is 3.97. The highest BCUT2D eigenvalue weighted by atomic mass is 16.1. The highest BCUT2D eigenvalue weighted by Crippen LogP contribution is 2.35. The molecule has 0 radical (unpaired) electrons. The smallest absolute Gasteiger partial charge is 0.147 e. The van der Waals surface area contributed by atoms with Gasteiger partial charge in [0.2, 0.25) is 0 Å². The third-order valence-electron chi connectivity index (χ3n) is 2.74. The molecule has 0 N–H and O–H groups in total. The second kappa shape index (κ2) is 2.99. The average molecular weight is 174 g/mol. The summed E-state index contributed by atoms with van der Waals surface area (Å²) >= 11 is 0. The van der Waals surface area contributed by atoms with Gasteiger partial charge in [0.15, 0.2) is 0 Å². The van der Waals surface area contributed by atoms with Gasteiger partial charge in [0, 0.05) is 6.42 Å². The third-order valence-corrected chi connectivity index (χ3v) is 2.74. The number of carbonyl (C=O) groups is 1. The van der Waals surface area contributed by atoms with Crippen LogP contribution in [0, 0.1) is 11.8 Å². The minimum Gasteiger partial charge on any atom is -0.298 e. The van der Waals surface area contributed by atoms with E-state index in [0.717, 1.165) is 0 Å². The van der Waals surface area contributed by atoms with E-state index in [1.54, 1.807) is 0 Å². The summed E-state index contributed by atoms with van der Waals surface area (Å²) in [6.07, 6.45) is 8.78. The molecular weight excluding hydrogens is 160 g/mol. The Bertz CT molecular complexity index is 329. The van der Waals surface area contributed by atoms with Gasteiger partial charge < -0.3 is 0 Å². The molecule has 0 aromatic carbocycles. The summed E-state index contributed by atoms with van der Waals surface area (Å²) < 4.78 is 0. The fourth-order valence-corrected chi connectivity index (χ4v) is 2.06. The Kier molecular flexibility index (Phi) is 1.95. The molecule has 0 saturated heterocycles. The van der Waals surface area contributed by atoms with E-state index in [-0.39, 0.29) is 5.92 Å². The molecule has 2 rings (SSSR count). The first-order valence-electron chi connectivity index (χ1n) is 4.81. The van der Waals surface area contributed by atoms with Crippen LogP contribution in [0.4, 0.5) is 0 Å². The molecule has 0 heterocycles. The molecule has 0 aliphatic heterocycles. The Morgan fingerprint density at radius 1 is 1.46 bits per heavy atom. The fraction of sp³-hybridized carbons (Fsp3) is 0.417. The van der Waals surface area contributed by atoms with Crippen molar-refractivity contribution in [3.8, 4) is 0 Å². The van der Waals surface area contributed by atoms with Crippen LogP contribution < -0.4 is 0 Å². The van der Waals surface area contributed by atoms with Gasteiger partial charge in [-0.1, -0.05) is 38.2 Å². The molecule has 13 heavy (non-hydrogen) atoms. The van der Waals surface area contributed by atoms with Gasteiger partial charge in [-0.15, -0.1) is 0 Å². The van der Waals surface area contributed by atoms with Gasteiger partial charge in [0.25, 0.3) is 0 Å². The molecule has 1 heteroatoms. The van der Waals surface area contributed by atoms with Gasteiger partial charge in [0.1, 0.15) is 5.78 Å². The number of carbonyl (C=O) groups excluding carboxylic acids is 1. The maximum absolute atomic E-state index is 11.5. The maximum Gasteiger partial charge on any atom is 0.147 e. The molecule has 1 atom stereocenters. The van der Waals surface area contributed by atoms with Crippen molar-refractivity contribution in [2.24, 2.45) is 11.8 Å². The lowest BCUT2D eigenvalue weighted by Gasteiger charge is -2.23. The van der Waals surface area contributed by atoms with Crippen molar-refractivity contribution in [3.05, 3.63) is 35.5 Å². The number of hydrogen-bond acceptors (Lipinski definition) is 1. The molecule has 2 aliphatic rings. The first-order chi connectivity index (χ1) is 6.20. The highest BCUT2D eigenvalue weighted by molar-refractivity contribution is 5.91. The summed E-state index contributed by atoms with van der Waals surface area (Å²) in [6.45, 7) is 4.36. The van der Waals surface area contributed by atoms with Gasteiger partial charge in [-0.3, -0.25) is 4.79 Å². The first-order valence-corrected chi connectivity index (χ1v) is 4.81. The summed E-state index contributed by atoms with van der Waals surface area (Å²) in [7, 11) is 0.